The third-order valence-corrected chi connectivity index (χ3v) is 9.65. The van der Waals surface area contributed by atoms with Crippen molar-refractivity contribution in [1.29, 1.82) is 0 Å². The first-order chi connectivity index (χ1) is 17.5. The highest BCUT2D eigenvalue weighted by atomic mass is 16.5. The molecule has 3 aliphatic carbocycles. The molecule has 1 heterocycles. The summed E-state index contributed by atoms with van der Waals surface area (Å²) in [4.78, 5) is 0. The molecule has 0 amide bonds. The monoisotopic (exact) mass is 513 g/mol. The standard InChI is InChI=1S/C27H51N3O6/c1-31-16-7-10-19(22(13-16)34-4)25-28-26(20-11-8-17(32-2)14-23(20)35-5)30-27(29-25)21-12-9-18(33-3)15-24(21)36-6/h16-30H,7-15H2,1-6H3. The van der Waals surface area contributed by atoms with Crippen molar-refractivity contribution in [2.45, 2.75) is 113 Å². The Hall–Kier alpha value is -0.360. The van der Waals surface area contributed by atoms with Crippen LogP contribution < -0.4 is 16.0 Å². The average molecular weight is 514 g/mol. The number of hydrogen-bond donors (Lipinski definition) is 3. The van der Waals surface area contributed by atoms with Gasteiger partial charge in [0.05, 0.1) is 55.1 Å². The van der Waals surface area contributed by atoms with E-state index >= 15 is 0 Å². The molecule has 3 saturated carbocycles. The molecule has 0 radical (unpaired) electrons. The van der Waals surface area contributed by atoms with E-state index in [2.05, 4.69) is 16.0 Å². The molecule has 3 N–H and O–H groups in total. The van der Waals surface area contributed by atoms with Crippen LogP contribution >= 0.6 is 0 Å². The maximum absolute atomic E-state index is 6.03. The van der Waals surface area contributed by atoms with E-state index in [0.717, 1.165) is 57.8 Å². The summed E-state index contributed by atoms with van der Waals surface area (Å²) in [5.74, 6) is 1.09. The predicted octanol–water partition coefficient (Wildman–Crippen LogP) is 2.24. The first-order valence-corrected chi connectivity index (χ1v) is 14.0. The summed E-state index contributed by atoms with van der Waals surface area (Å²) in [5.41, 5.74) is 0. The number of hydrogen-bond acceptors (Lipinski definition) is 9. The molecule has 210 valence electrons. The lowest BCUT2D eigenvalue weighted by atomic mass is 9.77. The average Bonchev–Trinajstić information content (AvgIpc) is 2.95. The lowest BCUT2D eigenvalue weighted by Crippen LogP contribution is -2.75. The summed E-state index contributed by atoms with van der Waals surface area (Å²) in [6.45, 7) is 0. The number of rotatable bonds is 9. The number of methoxy groups -OCH3 is 6. The van der Waals surface area contributed by atoms with Gasteiger partial charge in [-0.1, -0.05) is 0 Å². The maximum atomic E-state index is 6.03. The van der Waals surface area contributed by atoms with Crippen LogP contribution in [0.4, 0.5) is 0 Å². The summed E-state index contributed by atoms with van der Waals surface area (Å²) in [5, 5.41) is 11.9. The molecular weight excluding hydrogens is 462 g/mol. The van der Waals surface area contributed by atoms with E-state index in [0.29, 0.717) is 17.8 Å². The van der Waals surface area contributed by atoms with E-state index in [1.807, 2.05) is 42.7 Å². The summed E-state index contributed by atoms with van der Waals surface area (Å²) in [6.07, 6.45) is 10.8. The van der Waals surface area contributed by atoms with Gasteiger partial charge in [0, 0.05) is 79.7 Å². The Bertz CT molecular complexity index is 567. The van der Waals surface area contributed by atoms with Crippen LogP contribution in [0.25, 0.3) is 0 Å². The molecule has 9 unspecified atom stereocenters. The molecular formula is C27H51N3O6. The molecule has 0 aromatic heterocycles. The van der Waals surface area contributed by atoms with Gasteiger partial charge in [-0.05, 0) is 38.5 Å². The summed E-state index contributed by atoms with van der Waals surface area (Å²) >= 11 is 0. The number of nitrogens with one attached hydrogen (secondary N) is 3. The Balaban J connectivity index is 1.55. The van der Waals surface area contributed by atoms with Crippen LogP contribution in [0.1, 0.15) is 57.8 Å². The predicted molar refractivity (Wildman–Crippen MR) is 138 cm³/mol. The Kier molecular flexibility index (Phi) is 10.8. The molecule has 0 aromatic carbocycles. The second-order valence-electron chi connectivity index (χ2n) is 11.3. The van der Waals surface area contributed by atoms with Crippen molar-refractivity contribution < 1.29 is 28.4 Å². The van der Waals surface area contributed by atoms with E-state index in [4.69, 9.17) is 28.4 Å². The fourth-order valence-corrected chi connectivity index (χ4v) is 7.41. The van der Waals surface area contributed by atoms with Gasteiger partial charge >= 0.3 is 0 Å². The smallest absolute Gasteiger partial charge is 0.0651 e. The van der Waals surface area contributed by atoms with Gasteiger partial charge in [0.15, 0.2) is 0 Å². The minimum Gasteiger partial charge on any atom is -0.381 e. The summed E-state index contributed by atoms with van der Waals surface area (Å²) < 4.78 is 35.2. The highest BCUT2D eigenvalue weighted by Gasteiger charge is 2.47. The molecule has 9 nitrogen and oxygen atoms in total. The third-order valence-electron chi connectivity index (χ3n) is 9.65. The highest BCUT2D eigenvalue weighted by Crippen LogP contribution is 2.37. The molecule has 0 bridgehead atoms. The van der Waals surface area contributed by atoms with Gasteiger partial charge in [-0.3, -0.25) is 16.0 Å². The largest absolute Gasteiger partial charge is 0.381 e. The second kappa shape index (κ2) is 13.6. The Morgan fingerprint density at radius 3 is 0.889 bits per heavy atom. The summed E-state index contributed by atoms with van der Waals surface area (Å²) in [6, 6.07) is 0. The molecule has 1 aliphatic heterocycles. The van der Waals surface area contributed by atoms with Gasteiger partial charge in [0.1, 0.15) is 0 Å². The minimum absolute atomic E-state index is 0.138. The van der Waals surface area contributed by atoms with Crippen molar-refractivity contribution in [3.05, 3.63) is 0 Å². The second-order valence-corrected chi connectivity index (χ2v) is 11.3. The zero-order valence-electron chi connectivity index (χ0n) is 23.2. The lowest BCUT2D eigenvalue weighted by Gasteiger charge is -2.52. The Morgan fingerprint density at radius 1 is 0.389 bits per heavy atom. The van der Waals surface area contributed by atoms with E-state index in [1.54, 1.807) is 0 Å². The van der Waals surface area contributed by atoms with Crippen LogP contribution in [0.3, 0.4) is 0 Å². The first kappa shape index (κ1) is 28.6. The van der Waals surface area contributed by atoms with Crippen LogP contribution in [-0.4, -0.2) is 97.8 Å². The molecule has 9 heteroatoms. The fourth-order valence-electron chi connectivity index (χ4n) is 7.41. The van der Waals surface area contributed by atoms with E-state index in [-0.39, 0.29) is 55.1 Å². The molecule has 9 atom stereocenters. The van der Waals surface area contributed by atoms with Crippen LogP contribution in [-0.2, 0) is 28.4 Å². The molecule has 4 aliphatic rings. The quantitative estimate of drug-likeness (QED) is 0.429. The van der Waals surface area contributed by atoms with E-state index < -0.39 is 0 Å². The molecule has 4 rings (SSSR count). The zero-order valence-corrected chi connectivity index (χ0v) is 23.2. The highest BCUT2D eigenvalue weighted by molar-refractivity contribution is 5.00. The molecule has 4 fully saturated rings. The van der Waals surface area contributed by atoms with Crippen molar-refractivity contribution in [3.63, 3.8) is 0 Å². The lowest BCUT2D eigenvalue weighted by molar-refractivity contribution is -0.0973. The van der Waals surface area contributed by atoms with Gasteiger partial charge < -0.3 is 28.4 Å². The normalized spacial score (nSPS) is 46.5. The molecule has 0 spiro atoms. The number of ether oxygens (including phenoxy) is 6. The van der Waals surface area contributed by atoms with Crippen molar-refractivity contribution in [2.75, 3.05) is 42.7 Å². The van der Waals surface area contributed by atoms with E-state index in [9.17, 15) is 0 Å². The van der Waals surface area contributed by atoms with Crippen LogP contribution in [0.15, 0.2) is 0 Å². The topological polar surface area (TPSA) is 91.5 Å². The SMILES string of the molecule is COC1CCC(C2NC(C3CCC(OC)CC3OC)NC(C3CCC(OC)CC3OC)N2)C(OC)C1. The van der Waals surface area contributed by atoms with Gasteiger partial charge in [0.2, 0.25) is 0 Å². The van der Waals surface area contributed by atoms with Crippen molar-refractivity contribution in [2.24, 2.45) is 17.8 Å². The van der Waals surface area contributed by atoms with Crippen molar-refractivity contribution in [1.82, 2.24) is 16.0 Å². The third kappa shape index (κ3) is 6.43. The van der Waals surface area contributed by atoms with Gasteiger partial charge in [-0.15, -0.1) is 0 Å². The molecule has 36 heavy (non-hydrogen) atoms. The van der Waals surface area contributed by atoms with Crippen LogP contribution in [0.2, 0.25) is 0 Å². The van der Waals surface area contributed by atoms with Crippen molar-refractivity contribution in [3.8, 4) is 0 Å². The minimum atomic E-state index is 0.138. The van der Waals surface area contributed by atoms with Crippen LogP contribution in [0.5, 0.6) is 0 Å². The van der Waals surface area contributed by atoms with Gasteiger partial charge in [-0.25, -0.2) is 0 Å². The Labute approximate surface area is 218 Å². The van der Waals surface area contributed by atoms with Gasteiger partial charge in [0.25, 0.3) is 0 Å². The van der Waals surface area contributed by atoms with E-state index in [1.165, 1.54) is 0 Å². The fraction of sp³-hybridized carbons (Fsp3) is 1.00. The molecule has 0 aromatic rings. The summed E-state index contributed by atoms with van der Waals surface area (Å²) in [7, 11) is 11.0. The maximum Gasteiger partial charge on any atom is 0.0651 e. The Morgan fingerprint density at radius 2 is 0.667 bits per heavy atom. The van der Waals surface area contributed by atoms with Crippen LogP contribution in [0, 0.1) is 17.8 Å². The molecule has 1 saturated heterocycles. The van der Waals surface area contributed by atoms with Gasteiger partial charge in [-0.2, -0.15) is 0 Å². The first-order valence-electron chi connectivity index (χ1n) is 14.0. The zero-order chi connectivity index (χ0) is 25.7. The van der Waals surface area contributed by atoms with Crippen molar-refractivity contribution >= 4 is 0 Å².